The number of anilines is 1. The number of nitrogens with one attached hydrogen (secondary N) is 1. The Morgan fingerprint density at radius 1 is 1.29 bits per heavy atom. The van der Waals surface area contributed by atoms with Crippen LogP contribution >= 0.6 is 0 Å². The first-order valence-corrected chi connectivity index (χ1v) is 8.89. The van der Waals surface area contributed by atoms with Gasteiger partial charge in [0.1, 0.15) is 4.90 Å². The van der Waals surface area contributed by atoms with Crippen LogP contribution in [0.3, 0.4) is 0 Å². The van der Waals surface area contributed by atoms with Gasteiger partial charge in [-0.15, -0.1) is 0 Å². The maximum atomic E-state index is 12.0. The smallest absolute Gasteiger partial charge is 0.242 e. The molecule has 0 bridgehead atoms. The van der Waals surface area contributed by atoms with Gasteiger partial charge >= 0.3 is 0 Å². The average Bonchev–Trinajstić information content (AvgIpc) is 2.37. The number of nitriles is 1. The van der Waals surface area contributed by atoms with Crippen molar-refractivity contribution in [3.05, 3.63) is 23.8 Å². The lowest BCUT2D eigenvalue weighted by molar-refractivity contribution is 0.519. The minimum atomic E-state index is -3.93. The molecule has 0 aliphatic carbocycles. The Kier molecular flexibility index (Phi) is 5.30. The van der Waals surface area contributed by atoms with Crippen molar-refractivity contribution in [3.63, 3.8) is 0 Å². The fraction of sp³-hybridized carbons (Fsp3) is 0.364. The van der Waals surface area contributed by atoms with E-state index in [0.717, 1.165) is 4.31 Å². The molecule has 0 saturated carbocycles. The molecule has 8 nitrogen and oxygen atoms in total. The van der Waals surface area contributed by atoms with Gasteiger partial charge in [-0.25, -0.2) is 25.9 Å². The summed E-state index contributed by atoms with van der Waals surface area (Å²) in [6.07, 6.45) is 0. The van der Waals surface area contributed by atoms with E-state index in [0.29, 0.717) is 0 Å². The van der Waals surface area contributed by atoms with Gasteiger partial charge in [0.2, 0.25) is 20.0 Å². The molecular formula is C11H16N4O4S2. The molecular weight excluding hydrogens is 316 g/mol. The predicted molar refractivity (Wildman–Crippen MR) is 78.2 cm³/mol. The predicted octanol–water partition coefficient (Wildman–Crippen LogP) is -0.690. The van der Waals surface area contributed by atoms with E-state index in [2.05, 4.69) is 4.72 Å². The van der Waals surface area contributed by atoms with E-state index < -0.39 is 20.0 Å². The molecule has 1 aromatic carbocycles. The molecule has 0 atom stereocenters. The number of nitrogen functional groups attached to an aromatic ring is 1. The third-order valence-corrected chi connectivity index (χ3v) is 6.00. The van der Waals surface area contributed by atoms with Crippen LogP contribution in [0, 0.1) is 11.3 Å². The average molecular weight is 332 g/mol. The number of nitrogens with two attached hydrogens (primary N) is 1. The Bertz CT molecular complexity index is 764. The van der Waals surface area contributed by atoms with E-state index in [1.54, 1.807) is 0 Å². The first-order chi connectivity index (χ1) is 9.60. The van der Waals surface area contributed by atoms with Crippen molar-refractivity contribution in [2.24, 2.45) is 0 Å². The lowest BCUT2D eigenvalue weighted by Crippen LogP contribution is -2.34. The summed E-state index contributed by atoms with van der Waals surface area (Å²) < 4.78 is 50.3. The van der Waals surface area contributed by atoms with Crippen molar-refractivity contribution < 1.29 is 16.8 Å². The fourth-order valence-corrected chi connectivity index (χ4v) is 3.43. The molecule has 0 amide bonds. The second kappa shape index (κ2) is 6.40. The van der Waals surface area contributed by atoms with E-state index >= 15 is 0 Å². The summed E-state index contributed by atoms with van der Waals surface area (Å²) in [5.41, 5.74) is 5.76. The van der Waals surface area contributed by atoms with Gasteiger partial charge in [-0.3, -0.25) is 0 Å². The minimum Gasteiger partial charge on any atom is -0.398 e. The molecule has 0 aliphatic rings. The zero-order valence-electron chi connectivity index (χ0n) is 11.6. The summed E-state index contributed by atoms with van der Waals surface area (Å²) in [6, 6.07) is 5.61. The third-order valence-electron chi connectivity index (χ3n) is 2.64. The summed E-state index contributed by atoms with van der Waals surface area (Å²) in [5.74, 6) is -0.366. The van der Waals surface area contributed by atoms with Gasteiger partial charge in [0.15, 0.2) is 0 Å². The van der Waals surface area contributed by atoms with Gasteiger partial charge in [-0.2, -0.15) is 5.26 Å². The Labute approximate surface area is 124 Å². The first kappa shape index (κ1) is 17.4. The molecule has 0 saturated heterocycles. The lowest BCUT2D eigenvalue weighted by atomic mass is 10.2. The number of sulfonamides is 2. The number of hydrogen-bond acceptors (Lipinski definition) is 6. The lowest BCUT2D eigenvalue weighted by Gasteiger charge is -2.12. The molecule has 0 spiro atoms. The highest BCUT2D eigenvalue weighted by Crippen LogP contribution is 2.19. The van der Waals surface area contributed by atoms with Crippen LogP contribution in [-0.4, -0.2) is 47.5 Å². The zero-order chi connectivity index (χ0) is 16.3. The van der Waals surface area contributed by atoms with Gasteiger partial charge in [-0.05, 0) is 18.2 Å². The highest BCUT2D eigenvalue weighted by molar-refractivity contribution is 7.90. The summed E-state index contributed by atoms with van der Waals surface area (Å²) in [7, 11) is -4.70. The molecule has 1 aromatic rings. The molecule has 1 rings (SSSR count). The van der Waals surface area contributed by atoms with Crippen molar-refractivity contribution in [3.8, 4) is 6.07 Å². The van der Waals surface area contributed by atoms with Gasteiger partial charge in [0, 0.05) is 20.6 Å². The van der Waals surface area contributed by atoms with E-state index in [1.807, 2.05) is 6.07 Å². The van der Waals surface area contributed by atoms with E-state index in [4.69, 9.17) is 11.0 Å². The molecule has 0 aromatic heterocycles. The molecule has 0 radical (unpaired) electrons. The largest absolute Gasteiger partial charge is 0.398 e. The fourth-order valence-electron chi connectivity index (χ4n) is 1.43. The highest BCUT2D eigenvalue weighted by atomic mass is 32.2. The van der Waals surface area contributed by atoms with Crippen LogP contribution < -0.4 is 10.5 Å². The Morgan fingerprint density at radius 3 is 2.38 bits per heavy atom. The highest BCUT2D eigenvalue weighted by Gasteiger charge is 2.20. The van der Waals surface area contributed by atoms with Crippen LogP contribution in [0.2, 0.25) is 0 Å². The molecule has 0 aliphatic heterocycles. The molecule has 21 heavy (non-hydrogen) atoms. The maximum absolute atomic E-state index is 12.0. The third kappa shape index (κ3) is 4.40. The summed E-state index contributed by atoms with van der Waals surface area (Å²) in [5, 5.41) is 8.70. The van der Waals surface area contributed by atoms with Crippen molar-refractivity contribution in [2.75, 3.05) is 32.1 Å². The van der Waals surface area contributed by atoms with Crippen molar-refractivity contribution in [1.29, 1.82) is 5.26 Å². The van der Waals surface area contributed by atoms with Crippen LogP contribution in [0.5, 0.6) is 0 Å². The Morgan fingerprint density at radius 2 is 1.90 bits per heavy atom. The van der Waals surface area contributed by atoms with Crippen LogP contribution in [0.4, 0.5) is 5.69 Å². The first-order valence-electron chi connectivity index (χ1n) is 5.79. The van der Waals surface area contributed by atoms with Crippen molar-refractivity contribution >= 4 is 25.7 Å². The molecule has 3 N–H and O–H groups in total. The summed E-state index contributed by atoms with van der Waals surface area (Å²) in [6.45, 7) is -0.276. The Hall–Kier alpha value is -1.67. The molecule has 0 heterocycles. The summed E-state index contributed by atoms with van der Waals surface area (Å²) in [4.78, 5) is -0.191. The quantitative estimate of drug-likeness (QED) is 0.662. The van der Waals surface area contributed by atoms with Gasteiger partial charge < -0.3 is 5.73 Å². The molecule has 10 heteroatoms. The van der Waals surface area contributed by atoms with Gasteiger partial charge in [-0.1, -0.05) is 0 Å². The van der Waals surface area contributed by atoms with E-state index in [1.165, 1.54) is 32.3 Å². The van der Waals surface area contributed by atoms with Crippen LogP contribution in [0.15, 0.2) is 23.1 Å². The topological polar surface area (TPSA) is 133 Å². The van der Waals surface area contributed by atoms with Crippen LogP contribution in [0.25, 0.3) is 0 Å². The van der Waals surface area contributed by atoms with Crippen molar-refractivity contribution in [1.82, 2.24) is 9.03 Å². The molecule has 0 unspecified atom stereocenters. The zero-order valence-corrected chi connectivity index (χ0v) is 13.2. The van der Waals surface area contributed by atoms with Crippen LogP contribution in [0.1, 0.15) is 5.56 Å². The van der Waals surface area contributed by atoms with E-state index in [-0.39, 0.29) is 28.4 Å². The summed E-state index contributed by atoms with van der Waals surface area (Å²) >= 11 is 0. The van der Waals surface area contributed by atoms with Crippen molar-refractivity contribution in [2.45, 2.75) is 4.90 Å². The van der Waals surface area contributed by atoms with Gasteiger partial charge in [0.25, 0.3) is 0 Å². The number of rotatable bonds is 6. The monoisotopic (exact) mass is 332 g/mol. The van der Waals surface area contributed by atoms with Gasteiger partial charge in [0.05, 0.1) is 23.1 Å². The maximum Gasteiger partial charge on any atom is 0.242 e. The Balaban J connectivity index is 2.87. The number of hydrogen-bond donors (Lipinski definition) is 2. The SMILES string of the molecule is CN(C)S(=O)(=O)CCNS(=O)(=O)c1ccc(C#N)cc1N. The number of benzene rings is 1. The normalized spacial score (nSPS) is 12.3. The minimum absolute atomic E-state index is 0.0722. The molecule has 0 fully saturated rings. The molecule has 116 valence electrons. The standard InChI is InChI=1S/C11H16N4O4S2/c1-15(2)20(16,17)6-5-14-21(18,19)11-4-3-9(8-12)7-10(11)13/h3-4,7,14H,5-6,13H2,1-2H3. The van der Waals surface area contributed by atoms with Crippen LogP contribution in [-0.2, 0) is 20.0 Å². The number of nitrogens with zero attached hydrogens (tertiary/aromatic N) is 2. The van der Waals surface area contributed by atoms with E-state index in [9.17, 15) is 16.8 Å². The second-order valence-electron chi connectivity index (χ2n) is 4.36. The second-order valence-corrected chi connectivity index (χ2v) is 8.40.